The molecule has 20 heavy (non-hydrogen) atoms. The average Bonchev–Trinajstić information content (AvgIpc) is 2.46. The molecule has 1 rings (SSSR count). The van der Waals surface area contributed by atoms with E-state index in [4.69, 9.17) is 14.9 Å². The summed E-state index contributed by atoms with van der Waals surface area (Å²) in [5, 5.41) is 17.9. The van der Waals surface area contributed by atoms with E-state index in [9.17, 15) is 0 Å². The van der Waals surface area contributed by atoms with Gasteiger partial charge in [0, 0.05) is 24.2 Å². The Morgan fingerprint density at radius 1 is 1.25 bits per heavy atom. The van der Waals surface area contributed by atoms with Crippen LogP contribution in [-0.4, -0.2) is 48.5 Å². The highest BCUT2D eigenvalue weighted by atomic mass is 16.5. The zero-order valence-corrected chi connectivity index (χ0v) is 12.2. The molecule has 1 aromatic carbocycles. The molecule has 0 radical (unpaired) electrons. The summed E-state index contributed by atoms with van der Waals surface area (Å²) in [6.07, 6.45) is 1.03. The third-order valence-electron chi connectivity index (χ3n) is 2.94. The van der Waals surface area contributed by atoms with E-state index < -0.39 is 0 Å². The van der Waals surface area contributed by atoms with Crippen LogP contribution in [0.1, 0.15) is 24.5 Å². The van der Waals surface area contributed by atoms with E-state index in [1.807, 2.05) is 18.2 Å². The van der Waals surface area contributed by atoms with Crippen molar-refractivity contribution in [2.24, 2.45) is 0 Å². The maximum atomic E-state index is 9.12. The van der Waals surface area contributed by atoms with Gasteiger partial charge in [-0.15, -0.1) is 0 Å². The fraction of sp³-hybridized carbons (Fsp3) is 0.500. The molecule has 0 aliphatic rings. The molecule has 0 amide bonds. The molecule has 0 heterocycles. The molecule has 4 nitrogen and oxygen atoms in total. The molecule has 0 saturated heterocycles. The van der Waals surface area contributed by atoms with Crippen LogP contribution < -0.4 is 4.74 Å². The predicted octanol–water partition coefficient (Wildman–Crippen LogP) is 1.24. The van der Waals surface area contributed by atoms with Crippen molar-refractivity contribution >= 4 is 0 Å². The van der Waals surface area contributed by atoms with Crippen molar-refractivity contribution in [2.45, 2.75) is 19.9 Å². The van der Waals surface area contributed by atoms with Gasteiger partial charge in [0.05, 0.1) is 13.7 Å². The lowest BCUT2D eigenvalue weighted by Gasteiger charge is -2.22. The van der Waals surface area contributed by atoms with Crippen LogP contribution in [0.25, 0.3) is 0 Å². The Hall–Kier alpha value is -1.54. The summed E-state index contributed by atoms with van der Waals surface area (Å²) in [6.45, 7) is 4.40. The lowest BCUT2D eigenvalue weighted by Crippen LogP contribution is -2.27. The second-order valence-electron chi connectivity index (χ2n) is 4.49. The normalized spacial score (nSPS) is 10.2. The minimum absolute atomic E-state index is 0.145. The van der Waals surface area contributed by atoms with Gasteiger partial charge in [0.1, 0.15) is 12.4 Å². The summed E-state index contributed by atoms with van der Waals surface area (Å²) >= 11 is 0. The maximum absolute atomic E-state index is 9.12. The molecule has 0 unspecified atom stereocenters. The summed E-state index contributed by atoms with van der Waals surface area (Å²) < 4.78 is 5.38. The van der Waals surface area contributed by atoms with Crippen LogP contribution in [0.15, 0.2) is 18.2 Å². The fourth-order valence-electron chi connectivity index (χ4n) is 2.09. The van der Waals surface area contributed by atoms with Gasteiger partial charge in [0.15, 0.2) is 0 Å². The number of ether oxygens (including phenoxy) is 1. The molecule has 2 N–H and O–H groups in total. The molecule has 0 aliphatic carbocycles. The second kappa shape index (κ2) is 9.38. The largest absolute Gasteiger partial charge is 0.496 e. The Morgan fingerprint density at radius 3 is 2.65 bits per heavy atom. The Kier molecular flexibility index (Phi) is 7.74. The Bertz CT molecular complexity index is 457. The van der Waals surface area contributed by atoms with Crippen LogP contribution >= 0.6 is 0 Å². The highest BCUT2D eigenvalue weighted by molar-refractivity contribution is 5.44. The summed E-state index contributed by atoms with van der Waals surface area (Å²) in [4.78, 5) is 2.18. The molecule has 1 aromatic rings. The lowest BCUT2D eigenvalue weighted by atomic mass is 10.1. The molecule has 0 bridgehead atoms. The third-order valence-corrected chi connectivity index (χ3v) is 2.94. The standard InChI is InChI=1S/C16H23NO3/c1-3-8-17(9-11-19)13-15-12-14(5-4-10-18)6-7-16(15)20-2/h6-7,12,18-19H,3,8-11,13H2,1-2H3. The zero-order valence-electron chi connectivity index (χ0n) is 12.2. The fourth-order valence-corrected chi connectivity index (χ4v) is 2.09. The van der Waals surface area contributed by atoms with E-state index in [2.05, 4.69) is 23.7 Å². The number of hydrogen-bond acceptors (Lipinski definition) is 4. The molecule has 4 heteroatoms. The summed E-state index contributed by atoms with van der Waals surface area (Å²) in [6, 6.07) is 5.74. The second-order valence-corrected chi connectivity index (χ2v) is 4.49. The molecule has 0 fully saturated rings. The average molecular weight is 277 g/mol. The number of benzene rings is 1. The Balaban J connectivity index is 2.94. The van der Waals surface area contributed by atoms with Crippen molar-refractivity contribution in [2.75, 3.05) is 33.4 Å². The van der Waals surface area contributed by atoms with Crippen LogP contribution in [0.3, 0.4) is 0 Å². The van der Waals surface area contributed by atoms with Crippen LogP contribution in [-0.2, 0) is 6.54 Å². The van der Waals surface area contributed by atoms with Crippen molar-refractivity contribution in [3.05, 3.63) is 29.3 Å². The van der Waals surface area contributed by atoms with E-state index >= 15 is 0 Å². The van der Waals surface area contributed by atoms with Crippen LogP contribution in [0, 0.1) is 11.8 Å². The smallest absolute Gasteiger partial charge is 0.123 e. The number of methoxy groups -OCH3 is 1. The molecule has 0 aliphatic heterocycles. The lowest BCUT2D eigenvalue weighted by molar-refractivity contribution is 0.189. The van der Waals surface area contributed by atoms with Gasteiger partial charge >= 0.3 is 0 Å². The first kappa shape index (κ1) is 16.5. The van der Waals surface area contributed by atoms with Gasteiger partial charge in [0.25, 0.3) is 0 Å². The van der Waals surface area contributed by atoms with Crippen molar-refractivity contribution in [3.63, 3.8) is 0 Å². The van der Waals surface area contributed by atoms with E-state index in [0.29, 0.717) is 13.1 Å². The monoisotopic (exact) mass is 277 g/mol. The molecule has 0 saturated carbocycles. The Morgan fingerprint density at radius 2 is 2.05 bits per heavy atom. The van der Waals surface area contributed by atoms with E-state index in [-0.39, 0.29) is 13.2 Å². The SMILES string of the molecule is CCCN(CCO)Cc1cc(C#CCO)ccc1OC. The first-order chi connectivity index (χ1) is 9.74. The minimum atomic E-state index is -0.145. The predicted molar refractivity (Wildman–Crippen MR) is 79.6 cm³/mol. The maximum Gasteiger partial charge on any atom is 0.123 e. The quantitative estimate of drug-likeness (QED) is 0.736. The van der Waals surface area contributed by atoms with Gasteiger partial charge < -0.3 is 14.9 Å². The van der Waals surface area contributed by atoms with Crippen LogP contribution in [0.4, 0.5) is 0 Å². The highest BCUT2D eigenvalue weighted by Crippen LogP contribution is 2.21. The van der Waals surface area contributed by atoms with Gasteiger partial charge in [-0.3, -0.25) is 4.90 Å². The first-order valence-electron chi connectivity index (χ1n) is 6.85. The van der Waals surface area contributed by atoms with Crippen molar-refractivity contribution in [1.29, 1.82) is 0 Å². The van der Waals surface area contributed by atoms with Gasteiger partial charge in [0.2, 0.25) is 0 Å². The van der Waals surface area contributed by atoms with E-state index in [1.54, 1.807) is 7.11 Å². The van der Waals surface area contributed by atoms with Gasteiger partial charge in [-0.05, 0) is 31.2 Å². The minimum Gasteiger partial charge on any atom is -0.496 e. The van der Waals surface area contributed by atoms with Crippen LogP contribution in [0.5, 0.6) is 5.75 Å². The number of aliphatic hydroxyl groups is 2. The number of nitrogens with zero attached hydrogens (tertiary/aromatic N) is 1. The summed E-state index contributed by atoms with van der Waals surface area (Å²) in [5.41, 5.74) is 1.90. The molecular weight excluding hydrogens is 254 g/mol. The van der Waals surface area contributed by atoms with E-state index in [1.165, 1.54) is 0 Å². The molecule has 0 atom stereocenters. The number of aliphatic hydroxyl groups excluding tert-OH is 2. The van der Waals surface area contributed by atoms with Crippen molar-refractivity contribution in [3.8, 4) is 17.6 Å². The van der Waals surface area contributed by atoms with Crippen molar-refractivity contribution in [1.82, 2.24) is 4.90 Å². The number of rotatable bonds is 7. The molecule has 110 valence electrons. The first-order valence-corrected chi connectivity index (χ1v) is 6.85. The van der Waals surface area contributed by atoms with Crippen LogP contribution in [0.2, 0.25) is 0 Å². The summed E-state index contributed by atoms with van der Waals surface area (Å²) in [7, 11) is 1.65. The van der Waals surface area contributed by atoms with Gasteiger partial charge in [-0.1, -0.05) is 18.8 Å². The van der Waals surface area contributed by atoms with E-state index in [0.717, 1.165) is 29.8 Å². The number of hydrogen-bond donors (Lipinski definition) is 2. The molecule has 0 aromatic heterocycles. The van der Waals surface area contributed by atoms with Gasteiger partial charge in [-0.25, -0.2) is 0 Å². The van der Waals surface area contributed by atoms with Gasteiger partial charge in [-0.2, -0.15) is 0 Å². The topological polar surface area (TPSA) is 52.9 Å². The Labute approximate surface area is 121 Å². The highest BCUT2D eigenvalue weighted by Gasteiger charge is 2.09. The third kappa shape index (κ3) is 5.22. The summed E-state index contributed by atoms with van der Waals surface area (Å²) in [5.74, 6) is 6.36. The molecular formula is C16H23NO3. The van der Waals surface area contributed by atoms with Crippen molar-refractivity contribution < 1.29 is 14.9 Å². The molecule has 0 spiro atoms. The zero-order chi connectivity index (χ0) is 14.8.